The third kappa shape index (κ3) is 3.17. The fraction of sp³-hybridized carbons (Fsp3) is 0.238. The molecule has 5 nitrogen and oxygen atoms in total. The van der Waals surface area contributed by atoms with Gasteiger partial charge in [0.2, 0.25) is 0 Å². The second-order valence-corrected chi connectivity index (χ2v) is 7.45. The zero-order valence-corrected chi connectivity index (χ0v) is 16.3. The van der Waals surface area contributed by atoms with Gasteiger partial charge >= 0.3 is 0 Å². The van der Waals surface area contributed by atoms with Crippen molar-refractivity contribution in [2.75, 3.05) is 14.2 Å². The summed E-state index contributed by atoms with van der Waals surface area (Å²) in [7, 11) is 5.09. The van der Waals surface area contributed by atoms with Crippen LogP contribution >= 0.6 is 11.3 Å². The Morgan fingerprint density at radius 3 is 2.48 bits per heavy atom. The van der Waals surface area contributed by atoms with Crippen LogP contribution in [0.3, 0.4) is 0 Å². The van der Waals surface area contributed by atoms with Crippen LogP contribution in [0.4, 0.5) is 0 Å². The zero-order valence-electron chi connectivity index (χ0n) is 15.5. The van der Waals surface area contributed by atoms with Crippen molar-refractivity contribution in [3.63, 3.8) is 0 Å². The number of aryl methyl sites for hydroxylation is 2. The number of rotatable bonds is 3. The molecule has 6 heteroatoms. The Labute approximate surface area is 161 Å². The molecule has 1 aromatic heterocycles. The van der Waals surface area contributed by atoms with Crippen molar-refractivity contribution >= 4 is 17.2 Å². The lowest BCUT2D eigenvalue weighted by atomic mass is 9.93. The molecule has 1 amide bonds. The van der Waals surface area contributed by atoms with Crippen LogP contribution in [0, 0.1) is 0 Å². The van der Waals surface area contributed by atoms with Gasteiger partial charge in [0.15, 0.2) is 4.80 Å². The summed E-state index contributed by atoms with van der Waals surface area (Å²) in [5.41, 5.74) is 4.18. The molecule has 2 aromatic carbocycles. The van der Waals surface area contributed by atoms with Crippen molar-refractivity contribution < 1.29 is 14.3 Å². The van der Waals surface area contributed by atoms with Crippen molar-refractivity contribution in [1.82, 2.24) is 4.57 Å². The van der Waals surface area contributed by atoms with E-state index in [1.54, 1.807) is 43.8 Å². The summed E-state index contributed by atoms with van der Waals surface area (Å²) in [4.78, 5) is 19.1. The van der Waals surface area contributed by atoms with Gasteiger partial charge in [-0.25, -0.2) is 0 Å². The van der Waals surface area contributed by atoms with Crippen molar-refractivity contribution in [3.05, 3.63) is 63.3 Å². The Morgan fingerprint density at radius 2 is 1.78 bits per heavy atom. The first kappa shape index (κ1) is 17.5. The molecule has 0 bridgehead atoms. The molecule has 1 aliphatic rings. The van der Waals surface area contributed by atoms with Crippen molar-refractivity contribution in [2.45, 2.75) is 12.8 Å². The number of amides is 1. The molecule has 138 valence electrons. The van der Waals surface area contributed by atoms with Gasteiger partial charge in [0.05, 0.1) is 19.9 Å². The van der Waals surface area contributed by atoms with E-state index in [0.717, 1.165) is 18.5 Å². The number of carbonyl (C=O) groups is 1. The van der Waals surface area contributed by atoms with E-state index < -0.39 is 0 Å². The SMILES string of the molecule is COc1cc(OC)cc(C(=O)N=c2sc3c(n2C)-c2ccccc2CC3)c1. The minimum absolute atomic E-state index is 0.310. The molecule has 1 aliphatic carbocycles. The predicted octanol–water partition coefficient (Wildman–Crippen LogP) is 3.61. The lowest BCUT2D eigenvalue weighted by molar-refractivity contribution is 0.0997. The fourth-order valence-corrected chi connectivity index (χ4v) is 4.53. The van der Waals surface area contributed by atoms with Crippen LogP contribution in [0.15, 0.2) is 47.5 Å². The Morgan fingerprint density at radius 1 is 1.07 bits per heavy atom. The number of carbonyl (C=O) groups excluding carboxylic acids is 1. The van der Waals surface area contributed by atoms with Gasteiger partial charge < -0.3 is 14.0 Å². The van der Waals surface area contributed by atoms with E-state index >= 15 is 0 Å². The Balaban J connectivity index is 1.79. The van der Waals surface area contributed by atoms with E-state index in [-0.39, 0.29) is 5.91 Å². The number of ether oxygens (including phenoxy) is 2. The molecule has 0 unspecified atom stereocenters. The molecular formula is C21H20N2O3S. The third-order valence-electron chi connectivity index (χ3n) is 4.79. The lowest BCUT2D eigenvalue weighted by Crippen LogP contribution is -2.15. The number of hydrogen-bond donors (Lipinski definition) is 0. The molecule has 4 rings (SSSR count). The molecule has 0 radical (unpaired) electrons. The summed E-state index contributed by atoms with van der Waals surface area (Å²) >= 11 is 1.58. The molecule has 0 fully saturated rings. The molecule has 0 saturated heterocycles. The highest BCUT2D eigenvalue weighted by molar-refractivity contribution is 7.09. The first-order chi connectivity index (χ1) is 13.1. The minimum atomic E-state index is -0.310. The largest absolute Gasteiger partial charge is 0.497 e. The van der Waals surface area contributed by atoms with Gasteiger partial charge in [0, 0.05) is 29.1 Å². The molecule has 27 heavy (non-hydrogen) atoms. The number of aromatic nitrogens is 1. The third-order valence-corrected chi connectivity index (χ3v) is 5.98. The van der Waals surface area contributed by atoms with Gasteiger partial charge in [0.25, 0.3) is 5.91 Å². The molecule has 0 N–H and O–H groups in total. The quantitative estimate of drug-likeness (QED) is 0.697. The number of thiazole rings is 1. The van der Waals surface area contributed by atoms with Crippen molar-refractivity contribution in [2.24, 2.45) is 12.0 Å². The first-order valence-corrected chi connectivity index (χ1v) is 9.51. The van der Waals surface area contributed by atoms with Gasteiger partial charge in [-0.15, -0.1) is 11.3 Å². The number of nitrogens with zero attached hydrogens (tertiary/aromatic N) is 2. The highest BCUT2D eigenvalue weighted by atomic mass is 32.1. The second-order valence-electron chi connectivity index (χ2n) is 6.39. The van der Waals surface area contributed by atoms with E-state index in [1.165, 1.54) is 16.0 Å². The van der Waals surface area contributed by atoms with Gasteiger partial charge in [-0.2, -0.15) is 4.99 Å². The number of fused-ring (bicyclic) bond motifs is 3. The van der Waals surface area contributed by atoms with Gasteiger partial charge in [-0.1, -0.05) is 24.3 Å². The van der Waals surface area contributed by atoms with E-state index in [9.17, 15) is 4.79 Å². The van der Waals surface area contributed by atoms with Gasteiger partial charge in [0.1, 0.15) is 11.5 Å². The van der Waals surface area contributed by atoms with Crippen LogP contribution < -0.4 is 14.3 Å². The smallest absolute Gasteiger partial charge is 0.279 e. The maximum absolute atomic E-state index is 12.8. The van der Waals surface area contributed by atoms with E-state index in [0.29, 0.717) is 21.9 Å². The average Bonchev–Trinajstić information content (AvgIpc) is 3.03. The summed E-state index contributed by atoms with van der Waals surface area (Å²) in [6.45, 7) is 0. The average molecular weight is 380 g/mol. The standard InChI is InChI=1S/C21H20N2O3S/c1-23-19-17-7-5-4-6-13(17)8-9-18(19)27-21(23)22-20(24)14-10-15(25-2)12-16(11-14)26-3/h4-7,10-12H,8-9H2,1-3H3. The number of methoxy groups -OCH3 is 2. The molecular weight excluding hydrogens is 360 g/mol. The monoisotopic (exact) mass is 380 g/mol. The maximum Gasteiger partial charge on any atom is 0.279 e. The summed E-state index contributed by atoms with van der Waals surface area (Å²) in [5.74, 6) is 0.822. The molecule has 0 atom stereocenters. The van der Waals surface area contributed by atoms with Crippen LogP contribution in [0.1, 0.15) is 20.8 Å². The Hall–Kier alpha value is -2.86. The summed E-state index contributed by atoms with van der Waals surface area (Å²) in [6, 6.07) is 13.5. The van der Waals surface area contributed by atoms with E-state index in [4.69, 9.17) is 9.47 Å². The minimum Gasteiger partial charge on any atom is -0.497 e. The Bertz CT molecular complexity index is 1070. The van der Waals surface area contributed by atoms with Crippen molar-refractivity contribution in [1.29, 1.82) is 0 Å². The van der Waals surface area contributed by atoms with Crippen LogP contribution in [-0.4, -0.2) is 24.7 Å². The predicted molar refractivity (Wildman–Crippen MR) is 106 cm³/mol. The topological polar surface area (TPSA) is 52.8 Å². The molecule has 0 saturated carbocycles. The van der Waals surface area contributed by atoms with Crippen molar-refractivity contribution in [3.8, 4) is 22.8 Å². The van der Waals surface area contributed by atoms with E-state index in [1.807, 2.05) is 11.6 Å². The van der Waals surface area contributed by atoms with Gasteiger partial charge in [-0.3, -0.25) is 4.79 Å². The Kier molecular flexibility index (Phi) is 4.58. The molecule has 0 aliphatic heterocycles. The summed E-state index contributed by atoms with van der Waals surface area (Å²) < 4.78 is 12.5. The molecule has 1 heterocycles. The highest BCUT2D eigenvalue weighted by Crippen LogP contribution is 2.34. The number of benzene rings is 2. The van der Waals surface area contributed by atoms with Gasteiger partial charge in [-0.05, 0) is 30.5 Å². The summed E-state index contributed by atoms with van der Waals surface area (Å²) in [5, 5.41) is 0. The number of hydrogen-bond acceptors (Lipinski definition) is 4. The normalized spacial score (nSPS) is 13.1. The highest BCUT2D eigenvalue weighted by Gasteiger charge is 2.21. The van der Waals surface area contributed by atoms with Crippen LogP contribution in [0.2, 0.25) is 0 Å². The fourth-order valence-electron chi connectivity index (χ4n) is 3.41. The van der Waals surface area contributed by atoms with Crippen LogP contribution in [0.5, 0.6) is 11.5 Å². The lowest BCUT2D eigenvalue weighted by Gasteiger charge is -2.16. The van der Waals surface area contributed by atoms with E-state index in [2.05, 4.69) is 29.3 Å². The molecule has 3 aromatic rings. The second kappa shape index (κ2) is 7.04. The zero-order chi connectivity index (χ0) is 19.0. The van der Waals surface area contributed by atoms with Crippen LogP contribution in [-0.2, 0) is 19.9 Å². The first-order valence-electron chi connectivity index (χ1n) is 8.70. The summed E-state index contributed by atoms with van der Waals surface area (Å²) in [6.07, 6.45) is 1.99. The maximum atomic E-state index is 12.8. The molecule has 0 spiro atoms. The van der Waals surface area contributed by atoms with Crippen LogP contribution in [0.25, 0.3) is 11.3 Å².